The SMILES string of the molecule is CCCC(=O)OC[C@H]1CC[C@H](N2C=CCC(C(N)=O)=C2)O1. The number of allylic oxidation sites excluding steroid dienone is 1. The molecule has 0 radical (unpaired) electrons. The van der Waals surface area contributed by atoms with Crippen LogP contribution in [0, 0.1) is 0 Å². The number of ether oxygens (including phenoxy) is 2. The Hall–Kier alpha value is -1.82. The highest BCUT2D eigenvalue weighted by molar-refractivity contribution is 5.92. The summed E-state index contributed by atoms with van der Waals surface area (Å²) in [6.45, 7) is 2.23. The van der Waals surface area contributed by atoms with Crippen molar-refractivity contribution in [2.24, 2.45) is 5.73 Å². The third-order valence-corrected chi connectivity index (χ3v) is 3.54. The molecule has 0 aromatic rings. The van der Waals surface area contributed by atoms with E-state index in [2.05, 4.69) is 0 Å². The summed E-state index contributed by atoms with van der Waals surface area (Å²) in [7, 11) is 0. The first-order valence-corrected chi connectivity index (χ1v) is 7.35. The number of amides is 1. The molecular weight excluding hydrogens is 272 g/mol. The van der Waals surface area contributed by atoms with E-state index in [4.69, 9.17) is 15.2 Å². The van der Waals surface area contributed by atoms with Gasteiger partial charge in [0.25, 0.3) is 0 Å². The molecule has 0 bridgehead atoms. The van der Waals surface area contributed by atoms with Crippen molar-refractivity contribution in [3.63, 3.8) is 0 Å². The molecule has 0 aromatic carbocycles. The fourth-order valence-corrected chi connectivity index (χ4v) is 2.41. The minimum Gasteiger partial charge on any atom is -0.463 e. The first-order valence-electron chi connectivity index (χ1n) is 7.35. The number of primary amides is 1. The molecule has 2 aliphatic rings. The molecule has 1 saturated heterocycles. The van der Waals surface area contributed by atoms with Crippen molar-refractivity contribution in [2.75, 3.05) is 6.61 Å². The Morgan fingerprint density at radius 1 is 1.48 bits per heavy atom. The molecule has 2 heterocycles. The first kappa shape index (κ1) is 15.6. The molecule has 0 aromatic heterocycles. The standard InChI is InChI=1S/C15H22N2O4/c1-2-4-14(18)20-10-12-6-7-13(21-12)17-8-3-5-11(9-17)15(16)19/h3,8-9,12-13H,2,4-7,10H2,1H3,(H2,16,19)/t12-,13-/m1/s1. The first-order chi connectivity index (χ1) is 10.1. The Labute approximate surface area is 124 Å². The van der Waals surface area contributed by atoms with Gasteiger partial charge < -0.3 is 20.1 Å². The second-order valence-electron chi connectivity index (χ2n) is 5.28. The van der Waals surface area contributed by atoms with Crippen molar-refractivity contribution in [3.8, 4) is 0 Å². The van der Waals surface area contributed by atoms with Crippen molar-refractivity contribution in [1.29, 1.82) is 0 Å². The van der Waals surface area contributed by atoms with Gasteiger partial charge >= 0.3 is 5.97 Å². The second-order valence-corrected chi connectivity index (χ2v) is 5.28. The maximum absolute atomic E-state index is 11.3. The molecule has 0 saturated carbocycles. The van der Waals surface area contributed by atoms with Gasteiger partial charge in [-0.25, -0.2) is 0 Å². The molecule has 116 valence electrons. The predicted molar refractivity (Wildman–Crippen MR) is 76.6 cm³/mol. The number of nitrogens with zero attached hydrogens (tertiary/aromatic N) is 1. The topological polar surface area (TPSA) is 81.9 Å². The van der Waals surface area contributed by atoms with Gasteiger partial charge in [0.15, 0.2) is 0 Å². The van der Waals surface area contributed by atoms with Gasteiger partial charge in [0, 0.05) is 24.4 Å². The Morgan fingerprint density at radius 3 is 3.00 bits per heavy atom. The lowest BCUT2D eigenvalue weighted by Crippen LogP contribution is -2.30. The van der Waals surface area contributed by atoms with Gasteiger partial charge in [0.1, 0.15) is 12.8 Å². The highest BCUT2D eigenvalue weighted by Crippen LogP contribution is 2.26. The minimum atomic E-state index is -0.410. The Balaban J connectivity index is 1.82. The van der Waals surface area contributed by atoms with Gasteiger partial charge in [-0.2, -0.15) is 0 Å². The van der Waals surface area contributed by atoms with Crippen LogP contribution < -0.4 is 5.73 Å². The molecule has 1 amide bonds. The molecule has 0 unspecified atom stereocenters. The minimum absolute atomic E-state index is 0.0865. The normalized spacial score (nSPS) is 24.8. The number of rotatable bonds is 6. The summed E-state index contributed by atoms with van der Waals surface area (Å²) in [5, 5.41) is 0. The van der Waals surface area contributed by atoms with Gasteiger partial charge in [-0.05, 0) is 25.7 Å². The molecule has 2 aliphatic heterocycles. The van der Waals surface area contributed by atoms with E-state index in [-0.39, 0.29) is 18.3 Å². The maximum atomic E-state index is 11.3. The molecular formula is C15H22N2O4. The monoisotopic (exact) mass is 294 g/mol. The summed E-state index contributed by atoms with van der Waals surface area (Å²) in [4.78, 5) is 24.4. The quantitative estimate of drug-likeness (QED) is 0.749. The van der Waals surface area contributed by atoms with Crippen LogP contribution in [0.1, 0.15) is 39.0 Å². The molecule has 6 heteroatoms. The summed E-state index contributed by atoms with van der Waals surface area (Å²) in [6.07, 6.45) is 8.72. The van der Waals surface area contributed by atoms with E-state index < -0.39 is 5.91 Å². The van der Waals surface area contributed by atoms with E-state index in [1.54, 1.807) is 6.20 Å². The van der Waals surface area contributed by atoms with Gasteiger partial charge in [-0.3, -0.25) is 9.59 Å². The van der Waals surface area contributed by atoms with Crippen LogP contribution in [0.25, 0.3) is 0 Å². The zero-order valence-electron chi connectivity index (χ0n) is 12.3. The van der Waals surface area contributed by atoms with E-state index in [1.165, 1.54) is 0 Å². The number of carbonyl (C=O) groups excluding carboxylic acids is 2. The lowest BCUT2D eigenvalue weighted by molar-refractivity contribution is -0.148. The molecule has 2 N–H and O–H groups in total. The third-order valence-electron chi connectivity index (χ3n) is 3.54. The number of carbonyl (C=O) groups is 2. The Bertz CT molecular complexity index is 459. The number of hydrogen-bond acceptors (Lipinski definition) is 5. The molecule has 0 spiro atoms. The highest BCUT2D eigenvalue weighted by atomic mass is 16.6. The van der Waals surface area contributed by atoms with Crippen LogP contribution in [-0.4, -0.2) is 35.7 Å². The third kappa shape index (κ3) is 4.32. The van der Waals surface area contributed by atoms with Crippen LogP contribution in [0.2, 0.25) is 0 Å². The molecule has 2 rings (SSSR count). The number of nitrogens with two attached hydrogens (primary N) is 1. The van der Waals surface area contributed by atoms with E-state index in [9.17, 15) is 9.59 Å². The fraction of sp³-hybridized carbons (Fsp3) is 0.600. The predicted octanol–water partition coefficient (Wildman–Crippen LogP) is 1.42. The van der Waals surface area contributed by atoms with Crippen LogP contribution in [0.4, 0.5) is 0 Å². The van der Waals surface area contributed by atoms with Crippen molar-refractivity contribution >= 4 is 11.9 Å². The fourth-order valence-electron chi connectivity index (χ4n) is 2.41. The average Bonchev–Trinajstić information content (AvgIpc) is 2.94. The zero-order chi connectivity index (χ0) is 15.2. The van der Waals surface area contributed by atoms with Gasteiger partial charge in [-0.15, -0.1) is 0 Å². The summed E-state index contributed by atoms with van der Waals surface area (Å²) in [5.74, 6) is -0.592. The van der Waals surface area contributed by atoms with Crippen LogP contribution in [0.5, 0.6) is 0 Å². The molecule has 2 atom stereocenters. The van der Waals surface area contributed by atoms with Crippen molar-refractivity contribution < 1.29 is 19.1 Å². The van der Waals surface area contributed by atoms with Crippen LogP contribution in [0.3, 0.4) is 0 Å². The lowest BCUT2D eigenvalue weighted by Gasteiger charge is -2.27. The summed E-state index contributed by atoms with van der Waals surface area (Å²) >= 11 is 0. The smallest absolute Gasteiger partial charge is 0.305 e. The summed E-state index contributed by atoms with van der Waals surface area (Å²) < 4.78 is 11.0. The van der Waals surface area contributed by atoms with Crippen LogP contribution >= 0.6 is 0 Å². The van der Waals surface area contributed by atoms with E-state index >= 15 is 0 Å². The van der Waals surface area contributed by atoms with E-state index in [0.29, 0.717) is 25.0 Å². The second kappa shape index (κ2) is 7.26. The summed E-state index contributed by atoms with van der Waals surface area (Å²) in [6, 6.07) is 0. The van der Waals surface area contributed by atoms with Gasteiger partial charge in [0.2, 0.25) is 5.91 Å². The van der Waals surface area contributed by atoms with E-state index in [1.807, 2.05) is 24.1 Å². The molecule has 0 aliphatic carbocycles. The number of esters is 1. The van der Waals surface area contributed by atoms with Crippen molar-refractivity contribution in [2.45, 2.75) is 51.4 Å². The highest BCUT2D eigenvalue weighted by Gasteiger charge is 2.30. The largest absolute Gasteiger partial charge is 0.463 e. The van der Waals surface area contributed by atoms with Crippen LogP contribution in [0.15, 0.2) is 24.0 Å². The molecule has 6 nitrogen and oxygen atoms in total. The van der Waals surface area contributed by atoms with Crippen molar-refractivity contribution in [3.05, 3.63) is 24.0 Å². The lowest BCUT2D eigenvalue weighted by atomic mass is 10.1. The Morgan fingerprint density at radius 2 is 2.29 bits per heavy atom. The van der Waals surface area contributed by atoms with E-state index in [0.717, 1.165) is 19.3 Å². The molecule has 1 fully saturated rings. The van der Waals surface area contributed by atoms with Gasteiger partial charge in [-0.1, -0.05) is 13.0 Å². The summed E-state index contributed by atoms with van der Waals surface area (Å²) in [5.41, 5.74) is 5.87. The van der Waals surface area contributed by atoms with Gasteiger partial charge in [0.05, 0.1) is 6.10 Å². The maximum Gasteiger partial charge on any atom is 0.305 e. The zero-order valence-corrected chi connectivity index (χ0v) is 12.3. The average molecular weight is 294 g/mol. The van der Waals surface area contributed by atoms with Crippen molar-refractivity contribution in [1.82, 2.24) is 4.90 Å². The van der Waals surface area contributed by atoms with Crippen LogP contribution in [-0.2, 0) is 19.1 Å². The number of hydrogen-bond donors (Lipinski definition) is 1. The molecule has 21 heavy (non-hydrogen) atoms. The Kier molecular flexibility index (Phi) is 5.38.